The molecular weight excluding hydrogens is 258 g/mol. The Morgan fingerprint density at radius 3 is 2.67 bits per heavy atom. The van der Waals surface area contributed by atoms with E-state index in [1.165, 1.54) is 31.2 Å². The van der Waals surface area contributed by atoms with Crippen molar-refractivity contribution in [3.63, 3.8) is 0 Å². The largest absolute Gasteiger partial charge is 0.359 e. The molecule has 21 heavy (non-hydrogen) atoms. The first-order valence-corrected chi connectivity index (χ1v) is 8.49. The standard InChI is InChI=1S/C18H29N3/c1-12(2)17-8-14(10-19)9-18(20-17)21(3)11-16-7-13-4-5-15(16)6-13/h8-9,12-13,15-16H,4-7,10-11,19H2,1-3H3. The molecule has 116 valence electrons. The summed E-state index contributed by atoms with van der Waals surface area (Å²) in [6, 6.07) is 4.32. The number of rotatable bonds is 5. The smallest absolute Gasteiger partial charge is 0.128 e. The van der Waals surface area contributed by atoms with Gasteiger partial charge in [0.1, 0.15) is 5.82 Å². The summed E-state index contributed by atoms with van der Waals surface area (Å²) in [6.07, 6.45) is 5.84. The second-order valence-electron chi connectivity index (χ2n) is 7.43. The second-order valence-corrected chi connectivity index (χ2v) is 7.43. The summed E-state index contributed by atoms with van der Waals surface area (Å²) >= 11 is 0. The van der Waals surface area contributed by atoms with Crippen molar-refractivity contribution in [3.05, 3.63) is 23.4 Å². The van der Waals surface area contributed by atoms with E-state index in [4.69, 9.17) is 10.7 Å². The molecule has 3 atom stereocenters. The molecule has 3 unspecified atom stereocenters. The van der Waals surface area contributed by atoms with Gasteiger partial charge in [-0.25, -0.2) is 4.98 Å². The molecule has 0 amide bonds. The fourth-order valence-electron chi connectivity index (χ4n) is 4.25. The zero-order valence-electron chi connectivity index (χ0n) is 13.7. The summed E-state index contributed by atoms with van der Waals surface area (Å²) in [4.78, 5) is 7.21. The summed E-state index contributed by atoms with van der Waals surface area (Å²) < 4.78 is 0. The van der Waals surface area contributed by atoms with Gasteiger partial charge in [-0.1, -0.05) is 20.3 Å². The quantitative estimate of drug-likeness (QED) is 0.900. The first-order valence-electron chi connectivity index (χ1n) is 8.49. The van der Waals surface area contributed by atoms with E-state index in [-0.39, 0.29) is 0 Å². The lowest BCUT2D eigenvalue weighted by Gasteiger charge is -2.28. The molecule has 3 rings (SSSR count). The van der Waals surface area contributed by atoms with Crippen LogP contribution < -0.4 is 10.6 Å². The molecule has 1 aromatic heterocycles. The van der Waals surface area contributed by atoms with Gasteiger partial charge in [0, 0.05) is 25.8 Å². The SMILES string of the molecule is CC(C)c1cc(CN)cc(N(C)CC2CC3CCC2C3)n1. The third-order valence-electron chi connectivity index (χ3n) is 5.50. The number of nitrogens with two attached hydrogens (primary N) is 1. The lowest BCUT2D eigenvalue weighted by Crippen LogP contribution is -2.29. The van der Waals surface area contributed by atoms with Crippen LogP contribution in [0.4, 0.5) is 5.82 Å². The van der Waals surface area contributed by atoms with Crippen molar-refractivity contribution >= 4 is 5.82 Å². The highest BCUT2D eigenvalue weighted by Gasteiger charge is 2.39. The van der Waals surface area contributed by atoms with E-state index in [1.54, 1.807) is 0 Å². The van der Waals surface area contributed by atoms with Gasteiger partial charge in [0.2, 0.25) is 0 Å². The van der Waals surface area contributed by atoms with Gasteiger partial charge in [-0.15, -0.1) is 0 Å². The molecule has 1 heterocycles. The molecule has 2 aliphatic carbocycles. The van der Waals surface area contributed by atoms with Crippen LogP contribution in [0.25, 0.3) is 0 Å². The van der Waals surface area contributed by atoms with Crippen LogP contribution in [0, 0.1) is 17.8 Å². The van der Waals surface area contributed by atoms with E-state index in [0.29, 0.717) is 12.5 Å². The van der Waals surface area contributed by atoms with Gasteiger partial charge in [0.25, 0.3) is 0 Å². The number of aromatic nitrogens is 1. The highest BCUT2D eigenvalue weighted by Crippen LogP contribution is 2.48. The fraction of sp³-hybridized carbons (Fsp3) is 0.722. The summed E-state index contributed by atoms with van der Waals surface area (Å²) in [7, 11) is 2.19. The summed E-state index contributed by atoms with van der Waals surface area (Å²) in [5.41, 5.74) is 8.21. The monoisotopic (exact) mass is 287 g/mol. The normalized spacial score (nSPS) is 27.6. The number of hydrogen-bond donors (Lipinski definition) is 1. The van der Waals surface area contributed by atoms with Crippen molar-refractivity contribution in [1.29, 1.82) is 0 Å². The lowest BCUT2D eigenvalue weighted by molar-refractivity contribution is 0.337. The number of anilines is 1. The van der Waals surface area contributed by atoms with Gasteiger partial charge in [0.05, 0.1) is 0 Å². The van der Waals surface area contributed by atoms with Crippen molar-refractivity contribution in [1.82, 2.24) is 4.98 Å². The maximum absolute atomic E-state index is 5.85. The number of nitrogens with zero attached hydrogens (tertiary/aromatic N) is 2. The zero-order valence-corrected chi connectivity index (χ0v) is 13.7. The highest BCUT2D eigenvalue weighted by molar-refractivity contribution is 5.42. The van der Waals surface area contributed by atoms with Crippen molar-refractivity contribution in [2.75, 3.05) is 18.5 Å². The third-order valence-corrected chi connectivity index (χ3v) is 5.50. The Kier molecular flexibility index (Phi) is 4.21. The van der Waals surface area contributed by atoms with E-state index in [1.807, 2.05) is 0 Å². The molecule has 2 bridgehead atoms. The molecule has 0 saturated heterocycles. The van der Waals surface area contributed by atoms with Crippen LogP contribution in [0.3, 0.4) is 0 Å². The van der Waals surface area contributed by atoms with Crippen LogP contribution in [-0.2, 0) is 6.54 Å². The predicted octanol–water partition coefficient (Wildman–Crippen LogP) is 3.54. The molecule has 2 saturated carbocycles. The molecular formula is C18H29N3. The third kappa shape index (κ3) is 3.08. The van der Waals surface area contributed by atoms with E-state index in [2.05, 4.69) is 37.9 Å². The minimum absolute atomic E-state index is 0.450. The first-order chi connectivity index (χ1) is 10.1. The van der Waals surface area contributed by atoms with Crippen LogP contribution in [-0.4, -0.2) is 18.6 Å². The van der Waals surface area contributed by atoms with E-state index in [9.17, 15) is 0 Å². The number of pyridine rings is 1. The van der Waals surface area contributed by atoms with Gasteiger partial charge in [-0.3, -0.25) is 0 Å². The van der Waals surface area contributed by atoms with Gasteiger partial charge in [-0.2, -0.15) is 0 Å². The molecule has 0 radical (unpaired) electrons. The fourth-order valence-corrected chi connectivity index (χ4v) is 4.25. The van der Waals surface area contributed by atoms with E-state index < -0.39 is 0 Å². The topological polar surface area (TPSA) is 42.1 Å². The van der Waals surface area contributed by atoms with Crippen molar-refractivity contribution in [2.45, 2.75) is 52.0 Å². The molecule has 2 fully saturated rings. The minimum Gasteiger partial charge on any atom is -0.359 e. The summed E-state index contributed by atoms with van der Waals surface area (Å²) in [6.45, 7) is 6.14. The maximum Gasteiger partial charge on any atom is 0.128 e. The summed E-state index contributed by atoms with van der Waals surface area (Å²) in [5.74, 6) is 4.41. The molecule has 2 N–H and O–H groups in total. The van der Waals surface area contributed by atoms with Gasteiger partial charge in [-0.05, 0) is 60.6 Å². The summed E-state index contributed by atoms with van der Waals surface area (Å²) in [5, 5.41) is 0. The molecule has 0 aromatic carbocycles. The second kappa shape index (κ2) is 5.96. The van der Waals surface area contributed by atoms with Gasteiger partial charge >= 0.3 is 0 Å². The van der Waals surface area contributed by atoms with E-state index >= 15 is 0 Å². The first kappa shape index (κ1) is 14.8. The highest BCUT2D eigenvalue weighted by atomic mass is 15.2. The molecule has 0 aliphatic heterocycles. The molecule has 3 nitrogen and oxygen atoms in total. The molecule has 2 aliphatic rings. The zero-order chi connectivity index (χ0) is 15.0. The lowest BCUT2D eigenvalue weighted by atomic mass is 9.88. The Labute approximate surface area is 128 Å². The van der Waals surface area contributed by atoms with Crippen LogP contribution in [0.15, 0.2) is 12.1 Å². The molecule has 0 spiro atoms. The molecule has 1 aromatic rings. The molecule has 3 heteroatoms. The van der Waals surface area contributed by atoms with Gasteiger partial charge in [0.15, 0.2) is 0 Å². The van der Waals surface area contributed by atoms with Crippen molar-refractivity contribution < 1.29 is 0 Å². The average molecular weight is 287 g/mol. The van der Waals surface area contributed by atoms with Crippen molar-refractivity contribution in [2.24, 2.45) is 23.5 Å². The Bertz CT molecular complexity index is 497. The van der Waals surface area contributed by atoms with Crippen molar-refractivity contribution in [3.8, 4) is 0 Å². The Balaban J connectivity index is 1.74. The van der Waals surface area contributed by atoms with Gasteiger partial charge < -0.3 is 10.6 Å². The van der Waals surface area contributed by atoms with Crippen LogP contribution in [0.2, 0.25) is 0 Å². The Morgan fingerprint density at radius 2 is 2.10 bits per heavy atom. The number of fused-ring (bicyclic) bond motifs is 2. The Hall–Kier alpha value is -1.09. The van der Waals surface area contributed by atoms with Crippen LogP contribution >= 0.6 is 0 Å². The predicted molar refractivity (Wildman–Crippen MR) is 88.4 cm³/mol. The maximum atomic E-state index is 5.85. The minimum atomic E-state index is 0.450. The Morgan fingerprint density at radius 1 is 1.29 bits per heavy atom. The van der Waals surface area contributed by atoms with E-state index in [0.717, 1.165) is 35.8 Å². The number of hydrogen-bond acceptors (Lipinski definition) is 3. The van der Waals surface area contributed by atoms with Crippen LogP contribution in [0.5, 0.6) is 0 Å². The average Bonchev–Trinajstić information content (AvgIpc) is 3.09. The van der Waals surface area contributed by atoms with Crippen LogP contribution in [0.1, 0.15) is 56.7 Å².